The number of halogens is 4. The fraction of sp³-hybridized carbons (Fsp3) is 0.441. The van der Waals surface area contributed by atoms with E-state index in [9.17, 15) is 38.3 Å². The molecule has 4 atom stereocenters. The Morgan fingerprint density at radius 1 is 0.568 bits per heavy atom. The summed E-state index contributed by atoms with van der Waals surface area (Å²) in [5.41, 5.74) is 7.99. The largest absolute Gasteiger partial charge is 1.00 e. The number of amides is 2. The molecule has 2 heterocycles. The number of hydrogen-bond acceptors (Lipinski definition) is 10. The van der Waals surface area contributed by atoms with Crippen molar-refractivity contribution in [2.24, 2.45) is 11.8 Å². The van der Waals surface area contributed by atoms with E-state index in [1.54, 1.807) is 19.3 Å². The summed E-state index contributed by atoms with van der Waals surface area (Å²) in [4.78, 5) is 82.8. The van der Waals surface area contributed by atoms with Crippen LogP contribution in [0.1, 0.15) is 140 Å². The van der Waals surface area contributed by atoms with E-state index in [-0.39, 0.29) is 71.4 Å². The van der Waals surface area contributed by atoms with E-state index in [1.807, 2.05) is 144 Å². The Morgan fingerprint density at radius 2 is 0.920 bits per heavy atom. The molecule has 0 saturated heterocycles. The van der Waals surface area contributed by atoms with Gasteiger partial charge in [-0.2, -0.15) is 0 Å². The van der Waals surface area contributed by atoms with Gasteiger partial charge in [-0.15, -0.1) is 0 Å². The van der Waals surface area contributed by atoms with Gasteiger partial charge in [0, 0.05) is 48.7 Å². The molecular formula is C68H87F4LiN6O9. The SMILES string of the molecule is CCOC(=O)C[C@H](NC(=O)[C@H](CC(C)C)n1cc(CCN(C)C)c(C)cc1=O)c1cc(-c2c(C)cccc2C)cc(F)c1F.Cc1cc(=O)n([C@@H](CC(C)C)C(=O)N[C@@H](CC(=O)O)c2cc(-c3c(C)cccc3C)cc(F)c2F)cc1CCN(C)C.[Li+].[OH-]. The molecule has 6 rings (SSSR count). The number of esters is 1. The van der Waals surface area contributed by atoms with Crippen molar-refractivity contribution in [3.8, 4) is 22.3 Å². The van der Waals surface area contributed by atoms with E-state index in [1.165, 1.54) is 33.4 Å². The van der Waals surface area contributed by atoms with Crippen LogP contribution in [0.15, 0.2) is 94.8 Å². The second-order valence-corrected chi connectivity index (χ2v) is 23.8. The minimum absolute atomic E-state index is 0. The molecule has 2 aromatic heterocycles. The number of carboxylic acids is 1. The molecule has 0 aliphatic heterocycles. The van der Waals surface area contributed by atoms with Crippen LogP contribution in [0.25, 0.3) is 22.3 Å². The average molecular weight is 1220 g/mol. The number of pyridine rings is 2. The van der Waals surface area contributed by atoms with E-state index in [0.29, 0.717) is 36.0 Å². The van der Waals surface area contributed by atoms with E-state index in [4.69, 9.17) is 4.74 Å². The Balaban J connectivity index is 0.000000450. The van der Waals surface area contributed by atoms with Crippen LogP contribution in [-0.2, 0) is 36.8 Å². The number of nitrogens with zero attached hydrogens (tertiary/aromatic N) is 4. The molecule has 0 saturated carbocycles. The standard InChI is InChI=1S/C35H45F2N3O4.C33H41F2N3O4.Li.H2O/c1-9-44-32(42)19-29(27-17-26(18-28(36)34(27)37)33-22(4)11-10-12-23(33)5)38-35(43)30(15-21(2)3)40-20-25(13-14-39(7)8)24(6)16-31(40)41;1-19(2)13-28(38-18-23(11-12-37(6)7)22(5)14-29(38)39)33(42)36-27(17-30(40)41)25-15-24(16-26(34)32(25)35)31-20(3)9-8-10-21(31)4;;/h10-12,16-18,20-21,29-30H,9,13-15,19H2,1-8H3,(H,38,43);8-10,14-16,18-19,27-28H,11-13,17H2,1-7H3,(H,36,42)(H,40,41);;1H2/q;;+1;/p-1/t29-,30-;27-,28-;;/m00../s1. The van der Waals surface area contributed by atoms with Gasteiger partial charge in [-0.1, -0.05) is 64.1 Å². The maximum absolute atomic E-state index is 15.5. The molecule has 0 aliphatic carbocycles. The smallest absolute Gasteiger partial charge is 0.870 e. The molecule has 4 N–H and O–H groups in total. The van der Waals surface area contributed by atoms with Crippen molar-refractivity contribution < 1.29 is 70.9 Å². The van der Waals surface area contributed by atoms with Gasteiger partial charge in [-0.3, -0.25) is 28.8 Å². The number of hydrogen-bond donors (Lipinski definition) is 3. The van der Waals surface area contributed by atoms with Crippen molar-refractivity contribution in [3.63, 3.8) is 0 Å². The summed E-state index contributed by atoms with van der Waals surface area (Å²) in [6.45, 7) is 22.1. The number of carbonyl (C=O) groups is 4. The van der Waals surface area contributed by atoms with Crippen LogP contribution in [0.4, 0.5) is 17.6 Å². The Hall–Kier alpha value is -7.14. The molecule has 88 heavy (non-hydrogen) atoms. The quantitative estimate of drug-likeness (QED) is 0.0281. The van der Waals surface area contributed by atoms with Gasteiger partial charge in [0.05, 0.1) is 31.5 Å². The third kappa shape index (κ3) is 20.2. The summed E-state index contributed by atoms with van der Waals surface area (Å²) in [7, 11) is 7.81. The minimum atomic E-state index is -1.38. The van der Waals surface area contributed by atoms with Gasteiger partial charge in [-0.05, 0) is 205 Å². The third-order valence-corrected chi connectivity index (χ3v) is 15.2. The molecule has 0 fully saturated rings. The molecule has 15 nitrogen and oxygen atoms in total. The fourth-order valence-electron chi connectivity index (χ4n) is 10.8. The van der Waals surface area contributed by atoms with E-state index < -0.39 is 84.0 Å². The maximum atomic E-state index is 15.5. The van der Waals surface area contributed by atoms with E-state index in [2.05, 4.69) is 10.6 Å². The number of aliphatic carboxylic acids is 1. The summed E-state index contributed by atoms with van der Waals surface area (Å²) in [5.74, 6) is -7.79. The first-order valence-corrected chi connectivity index (χ1v) is 29.2. The zero-order valence-electron chi connectivity index (χ0n) is 54.0. The van der Waals surface area contributed by atoms with Crippen LogP contribution in [-0.4, -0.2) is 101 Å². The first-order valence-electron chi connectivity index (χ1n) is 29.2. The monoisotopic (exact) mass is 1210 g/mol. The first-order chi connectivity index (χ1) is 40.4. The molecule has 2 amide bonds. The normalized spacial score (nSPS) is 12.6. The van der Waals surface area contributed by atoms with Crippen molar-refractivity contribution in [2.75, 3.05) is 47.9 Å². The molecule has 20 heteroatoms. The van der Waals surface area contributed by atoms with Crippen LogP contribution in [0, 0.1) is 76.6 Å². The van der Waals surface area contributed by atoms with Crippen molar-refractivity contribution in [1.82, 2.24) is 29.6 Å². The molecule has 472 valence electrons. The zero-order valence-corrected chi connectivity index (χ0v) is 54.0. The molecule has 0 bridgehead atoms. The molecule has 6 aromatic rings. The van der Waals surface area contributed by atoms with Crippen molar-refractivity contribution in [1.29, 1.82) is 0 Å². The molecule has 0 aliphatic rings. The van der Waals surface area contributed by atoms with E-state index >= 15 is 13.2 Å². The Morgan fingerprint density at radius 3 is 1.24 bits per heavy atom. The molecule has 4 aromatic carbocycles. The second kappa shape index (κ2) is 34.0. The number of benzene rings is 4. The number of carbonyl (C=O) groups excluding carboxylic acids is 3. The summed E-state index contributed by atoms with van der Waals surface area (Å²) >= 11 is 0. The number of carboxylic acid groups (broad SMARTS) is 1. The number of ether oxygens (including phenoxy) is 1. The summed E-state index contributed by atoms with van der Waals surface area (Å²) in [5, 5.41) is 15.1. The average Bonchev–Trinajstić information content (AvgIpc) is 1.55. The topological polar surface area (TPSA) is 202 Å². The minimum Gasteiger partial charge on any atom is -0.870 e. The van der Waals surface area contributed by atoms with Crippen LogP contribution in [0.5, 0.6) is 0 Å². The number of aryl methyl sites for hydroxylation is 6. The van der Waals surface area contributed by atoms with E-state index in [0.717, 1.165) is 75.3 Å². The van der Waals surface area contributed by atoms with Crippen LogP contribution >= 0.6 is 0 Å². The number of likely N-dealkylation sites (N-methyl/N-ethyl adjacent to an activating group) is 2. The van der Waals surface area contributed by atoms with Gasteiger partial charge in [0.1, 0.15) is 12.1 Å². The van der Waals surface area contributed by atoms with Gasteiger partial charge >= 0.3 is 30.8 Å². The molecular weight excluding hydrogens is 1130 g/mol. The van der Waals surface area contributed by atoms with Gasteiger partial charge in [0.25, 0.3) is 11.1 Å². The number of rotatable bonds is 25. The van der Waals surface area contributed by atoms with Gasteiger partial charge in [0.15, 0.2) is 23.3 Å². The van der Waals surface area contributed by atoms with Crippen LogP contribution < -0.4 is 40.6 Å². The van der Waals surface area contributed by atoms with Crippen molar-refractivity contribution >= 4 is 23.8 Å². The Kier molecular flexibility index (Phi) is 29.0. The predicted molar refractivity (Wildman–Crippen MR) is 332 cm³/mol. The van der Waals surface area contributed by atoms with Crippen molar-refractivity contribution in [2.45, 2.75) is 139 Å². The van der Waals surface area contributed by atoms with Gasteiger partial charge in [0.2, 0.25) is 11.8 Å². The number of nitrogens with one attached hydrogen (secondary N) is 2. The third-order valence-electron chi connectivity index (χ3n) is 15.2. The zero-order chi connectivity index (χ0) is 64.0. The molecule has 0 radical (unpaired) electrons. The summed E-state index contributed by atoms with van der Waals surface area (Å²) in [6.07, 6.45) is 4.23. The second-order valence-electron chi connectivity index (χ2n) is 23.8. The van der Waals surface area contributed by atoms with Gasteiger partial charge in [-0.25, -0.2) is 17.6 Å². The summed E-state index contributed by atoms with van der Waals surface area (Å²) in [6, 6.07) is 14.7. The Bertz CT molecular complexity index is 3490. The van der Waals surface area contributed by atoms with Crippen LogP contribution in [0.3, 0.4) is 0 Å². The van der Waals surface area contributed by atoms with Crippen molar-refractivity contribution in [3.05, 3.63) is 185 Å². The number of aromatic nitrogens is 2. The fourth-order valence-corrected chi connectivity index (χ4v) is 10.8. The molecule has 0 unspecified atom stereocenters. The summed E-state index contributed by atoms with van der Waals surface area (Å²) < 4.78 is 69.0. The van der Waals surface area contributed by atoms with Crippen LogP contribution in [0.2, 0.25) is 0 Å². The van der Waals surface area contributed by atoms with Gasteiger partial charge < -0.3 is 44.9 Å². The molecule has 0 spiro atoms. The predicted octanol–water partition coefficient (Wildman–Crippen LogP) is 8.79. The maximum Gasteiger partial charge on any atom is 1.00 e. The first kappa shape index (κ1) is 75.1. The Labute approximate surface area is 527 Å².